The molecule has 3 rings (SSSR count). The van der Waals surface area contributed by atoms with E-state index in [-0.39, 0.29) is 11.7 Å². The van der Waals surface area contributed by atoms with Crippen LogP contribution in [0.15, 0.2) is 48.5 Å². The number of hydrogen-bond acceptors (Lipinski definition) is 1. The molecule has 1 amide bonds. The molecule has 1 heterocycles. The van der Waals surface area contributed by atoms with Crippen LogP contribution in [0.25, 0.3) is 10.9 Å². The number of aromatic nitrogens is 1. The van der Waals surface area contributed by atoms with Crippen molar-refractivity contribution in [2.45, 2.75) is 6.54 Å². The van der Waals surface area contributed by atoms with Gasteiger partial charge in [0.1, 0.15) is 11.5 Å². The highest BCUT2D eigenvalue weighted by Crippen LogP contribution is 2.23. The Kier molecular flexibility index (Phi) is 4.09. The Bertz CT molecular complexity index is 871. The Morgan fingerprint density at radius 1 is 1.22 bits per heavy atom. The molecule has 118 valence electrons. The average molecular weight is 331 g/mol. The second-order valence-corrected chi connectivity index (χ2v) is 5.99. The summed E-state index contributed by atoms with van der Waals surface area (Å²) in [5.41, 5.74) is 2.14. The predicted molar refractivity (Wildman–Crippen MR) is 90.1 cm³/mol. The van der Waals surface area contributed by atoms with Crippen molar-refractivity contribution in [3.8, 4) is 0 Å². The van der Waals surface area contributed by atoms with E-state index in [1.54, 1.807) is 53.9 Å². The number of carbonyl (C=O) groups excluding carboxylic acids is 1. The molecular weight excluding hydrogens is 315 g/mol. The van der Waals surface area contributed by atoms with Gasteiger partial charge < -0.3 is 9.47 Å². The first-order valence-electron chi connectivity index (χ1n) is 7.21. The highest BCUT2D eigenvalue weighted by Gasteiger charge is 2.18. The lowest BCUT2D eigenvalue weighted by atomic mass is 10.2. The summed E-state index contributed by atoms with van der Waals surface area (Å²) < 4.78 is 15.6. The number of amides is 1. The molecule has 0 fully saturated rings. The lowest BCUT2D eigenvalue weighted by Crippen LogP contribution is -2.27. The molecule has 0 radical (unpaired) electrons. The van der Waals surface area contributed by atoms with Crippen LogP contribution in [0.5, 0.6) is 0 Å². The van der Waals surface area contributed by atoms with E-state index < -0.39 is 0 Å². The van der Waals surface area contributed by atoms with Crippen LogP contribution < -0.4 is 0 Å². The zero-order valence-electron chi connectivity index (χ0n) is 12.9. The van der Waals surface area contributed by atoms with Crippen molar-refractivity contribution in [3.63, 3.8) is 0 Å². The van der Waals surface area contributed by atoms with E-state index in [9.17, 15) is 9.18 Å². The molecule has 0 N–H and O–H groups in total. The lowest BCUT2D eigenvalue weighted by molar-refractivity contribution is 0.0776. The SMILES string of the molecule is CN(Cc1ccc(Cl)cc1)C(=O)c1cc2c(F)cccc2n1C. The van der Waals surface area contributed by atoms with E-state index >= 15 is 0 Å². The minimum atomic E-state index is -0.322. The van der Waals surface area contributed by atoms with Gasteiger partial charge >= 0.3 is 0 Å². The van der Waals surface area contributed by atoms with E-state index in [1.165, 1.54) is 6.07 Å². The standard InChI is InChI=1S/C18H16ClFN2O/c1-21(11-12-6-8-13(19)9-7-12)18(23)17-10-14-15(20)4-3-5-16(14)22(17)2/h3-10H,11H2,1-2H3. The van der Waals surface area contributed by atoms with Crippen molar-refractivity contribution in [1.82, 2.24) is 9.47 Å². The van der Waals surface area contributed by atoms with Crippen LogP contribution >= 0.6 is 11.6 Å². The molecule has 0 spiro atoms. The molecule has 5 heteroatoms. The summed E-state index contributed by atoms with van der Waals surface area (Å²) in [4.78, 5) is 14.3. The third-order valence-corrected chi connectivity index (χ3v) is 4.18. The van der Waals surface area contributed by atoms with E-state index in [2.05, 4.69) is 0 Å². The summed E-state index contributed by atoms with van der Waals surface area (Å²) in [6.07, 6.45) is 0. The fourth-order valence-corrected chi connectivity index (χ4v) is 2.79. The molecule has 0 aliphatic heterocycles. The van der Waals surface area contributed by atoms with Gasteiger partial charge in [0, 0.05) is 31.0 Å². The normalized spacial score (nSPS) is 11.0. The summed E-state index contributed by atoms with van der Waals surface area (Å²) in [5.74, 6) is -0.476. The molecule has 0 saturated heterocycles. The molecule has 3 nitrogen and oxygen atoms in total. The van der Waals surface area contributed by atoms with Gasteiger partial charge in [0.25, 0.3) is 5.91 Å². The van der Waals surface area contributed by atoms with Crippen molar-refractivity contribution in [2.24, 2.45) is 7.05 Å². The van der Waals surface area contributed by atoms with Crippen LogP contribution in [-0.2, 0) is 13.6 Å². The lowest BCUT2D eigenvalue weighted by Gasteiger charge is -2.17. The topological polar surface area (TPSA) is 25.2 Å². The van der Waals surface area contributed by atoms with E-state index in [0.717, 1.165) is 5.56 Å². The summed E-state index contributed by atoms with van der Waals surface area (Å²) in [5, 5.41) is 1.12. The van der Waals surface area contributed by atoms with Crippen LogP contribution in [-0.4, -0.2) is 22.4 Å². The van der Waals surface area contributed by atoms with Crippen molar-refractivity contribution in [2.75, 3.05) is 7.05 Å². The van der Waals surface area contributed by atoms with Crippen LogP contribution in [0.2, 0.25) is 5.02 Å². The van der Waals surface area contributed by atoms with Gasteiger partial charge in [-0.1, -0.05) is 29.8 Å². The number of fused-ring (bicyclic) bond motifs is 1. The van der Waals surface area contributed by atoms with Gasteiger partial charge in [-0.15, -0.1) is 0 Å². The minimum absolute atomic E-state index is 0.155. The fraction of sp³-hybridized carbons (Fsp3) is 0.167. The maximum absolute atomic E-state index is 13.9. The van der Waals surface area contributed by atoms with Crippen molar-refractivity contribution >= 4 is 28.4 Å². The first-order chi connectivity index (χ1) is 11.0. The van der Waals surface area contributed by atoms with Gasteiger partial charge in [-0.05, 0) is 35.9 Å². The molecule has 0 aliphatic carbocycles. The number of benzene rings is 2. The summed E-state index contributed by atoms with van der Waals surface area (Å²) in [6, 6.07) is 13.8. The molecule has 0 atom stereocenters. The smallest absolute Gasteiger partial charge is 0.270 e. The van der Waals surface area contributed by atoms with Gasteiger partial charge in [-0.25, -0.2) is 4.39 Å². The Hall–Kier alpha value is -2.33. The fourth-order valence-electron chi connectivity index (χ4n) is 2.66. The zero-order chi connectivity index (χ0) is 16.6. The minimum Gasteiger partial charge on any atom is -0.340 e. The molecular formula is C18H16ClFN2O. The molecule has 23 heavy (non-hydrogen) atoms. The third kappa shape index (κ3) is 2.94. The zero-order valence-corrected chi connectivity index (χ0v) is 13.6. The summed E-state index contributed by atoms with van der Waals surface area (Å²) in [7, 11) is 3.50. The summed E-state index contributed by atoms with van der Waals surface area (Å²) in [6.45, 7) is 0.458. The molecule has 0 saturated carbocycles. The van der Waals surface area contributed by atoms with Gasteiger partial charge in [-0.2, -0.15) is 0 Å². The van der Waals surface area contributed by atoms with Gasteiger partial charge in [-0.3, -0.25) is 4.79 Å². The quantitative estimate of drug-likeness (QED) is 0.705. The third-order valence-electron chi connectivity index (χ3n) is 3.93. The van der Waals surface area contributed by atoms with Crippen molar-refractivity contribution in [1.29, 1.82) is 0 Å². The first kappa shape index (κ1) is 15.6. The van der Waals surface area contributed by atoms with Crippen LogP contribution in [0.1, 0.15) is 16.1 Å². The van der Waals surface area contributed by atoms with Gasteiger partial charge in [0.2, 0.25) is 0 Å². The van der Waals surface area contributed by atoms with Crippen molar-refractivity contribution < 1.29 is 9.18 Å². The van der Waals surface area contributed by atoms with Gasteiger partial charge in [0.15, 0.2) is 0 Å². The van der Waals surface area contributed by atoms with Crippen LogP contribution in [0.3, 0.4) is 0 Å². The Balaban J connectivity index is 1.89. The highest BCUT2D eigenvalue weighted by molar-refractivity contribution is 6.30. The van der Waals surface area contributed by atoms with E-state index in [0.29, 0.717) is 28.2 Å². The number of nitrogens with zero attached hydrogens (tertiary/aromatic N) is 2. The Morgan fingerprint density at radius 3 is 2.57 bits per heavy atom. The second kappa shape index (κ2) is 6.05. The molecule has 0 aliphatic rings. The molecule has 1 aromatic heterocycles. The maximum Gasteiger partial charge on any atom is 0.270 e. The number of aryl methyl sites for hydroxylation is 1. The van der Waals surface area contributed by atoms with E-state index in [1.807, 2.05) is 12.1 Å². The monoisotopic (exact) mass is 330 g/mol. The maximum atomic E-state index is 13.9. The number of hydrogen-bond donors (Lipinski definition) is 0. The molecule has 0 bridgehead atoms. The van der Waals surface area contributed by atoms with Crippen LogP contribution in [0, 0.1) is 5.82 Å². The number of carbonyl (C=O) groups is 1. The Morgan fingerprint density at radius 2 is 1.91 bits per heavy atom. The average Bonchev–Trinajstić information content (AvgIpc) is 2.87. The first-order valence-corrected chi connectivity index (χ1v) is 7.59. The Labute approximate surface area is 138 Å². The molecule has 0 unspecified atom stereocenters. The van der Waals surface area contributed by atoms with Gasteiger partial charge in [0.05, 0.1) is 5.52 Å². The van der Waals surface area contributed by atoms with Crippen LogP contribution in [0.4, 0.5) is 4.39 Å². The largest absolute Gasteiger partial charge is 0.340 e. The molecule has 3 aromatic rings. The number of rotatable bonds is 3. The second-order valence-electron chi connectivity index (χ2n) is 5.55. The predicted octanol–water partition coefficient (Wildman–Crippen LogP) is 4.24. The van der Waals surface area contributed by atoms with Crippen molar-refractivity contribution in [3.05, 3.63) is 70.6 Å². The summed E-state index contributed by atoms with van der Waals surface area (Å²) >= 11 is 5.87. The molecule has 2 aromatic carbocycles. The number of halogens is 2. The van der Waals surface area contributed by atoms with E-state index in [4.69, 9.17) is 11.6 Å². The highest BCUT2D eigenvalue weighted by atomic mass is 35.5.